The summed E-state index contributed by atoms with van der Waals surface area (Å²) >= 11 is 7.42. The Morgan fingerprint density at radius 1 is 1.03 bits per heavy atom. The molecule has 0 bridgehead atoms. The van der Waals surface area contributed by atoms with E-state index < -0.39 is 0 Å². The number of carbonyl (C=O) groups excluding carboxylic acids is 1. The number of rotatable bonds is 7. The summed E-state index contributed by atoms with van der Waals surface area (Å²) < 4.78 is 5.62. The molecule has 0 spiro atoms. The van der Waals surface area contributed by atoms with Crippen LogP contribution in [0, 0.1) is 0 Å². The lowest BCUT2D eigenvalue weighted by molar-refractivity contribution is -0.121. The highest BCUT2D eigenvalue weighted by Crippen LogP contribution is 2.23. The van der Waals surface area contributed by atoms with Gasteiger partial charge < -0.3 is 9.73 Å². The molecule has 2 aromatic heterocycles. The topological polar surface area (TPSA) is 80.9 Å². The van der Waals surface area contributed by atoms with E-state index >= 15 is 0 Å². The standard InChI is InChI=1S/C21H17ClN4O2S/c22-16-8-6-14(7-9-16)17-13-29-20(24-17)12-23-18(27)10-11-19-25-26-21(28-19)15-4-2-1-3-5-15/h1-9,13H,10-12H2,(H,23,27). The van der Waals surface area contributed by atoms with E-state index in [2.05, 4.69) is 20.5 Å². The van der Waals surface area contributed by atoms with E-state index in [9.17, 15) is 4.79 Å². The van der Waals surface area contributed by atoms with Crippen LogP contribution in [0.15, 0.2) is 64.4 Å². The maximum absolute atomic E-state index is 12.1. The van der Waals surface area contributed by atoms with Crippen LogP contribution in [0.3, 0.4) is 0 Å². The Morgan fingerprint density at radius 2 is 1.83 bits per heavy atom. The molecular formula is C21H17ClN4O2S. The van der Waals surface area contributed by atoms with E-state index in [0.29, 0.717) is 29.8 Å². The van der Waals surface area contributed by atoms with Gasteiger partial charge in [0.15, 0.2) is 0 Å². The van der Waals surface area contributed by atoms with Crippen LogP contribution in [0.4, 0.5) is 0 Å². The van der Waals surface area contributed by atoms with E-state index in [-0.39, 0.29) is 12.3 Å². The highest BCUT2D eigenvalue weighted by molar-refractivity contribution is 7.09. The molecule has 29 heavy (non-hydrogen) atoms. The van der Waals surface area contributed by atoms with E-state index in [1.165, 1.54) is 11.3 Å². The van der Waals surface area contributed by atoms with E-state index in [1.807, 2.05) is 60.0 Å². The highest BCUT2D eigenvalue weighted by Gasteiger charge is 2.11. The van der Waals surface area contributed by atoms with Crippen LogP contribution < -0.4 is 5.32 Å². The maximum atomic E-state index is 12.1. The van der Waals surface area contributed by atoms with Gasteiger partial charge in [-0.2, -0.15) is 0 Å². The predicted octanol–water partition coefficient (Wildman–Crippen LogP) is 4.76. The normalized spacial score (nSPS) is 10.8. The Bertz CT molecular complexity index is 1090. The summed E-state index contributed by atoms with van der Waals surface area (Å²) in [6.45, 7) is 0.385. The van der Waals surface area contributed by atoms with Gasteiger partial charge in [0.25, 0.3) is 0 Å². The third kappa shape index (κ3) is 5.07. The SMILES string of the molecule is O=C(CCc1nnc(-c2ccccc2)o1)NCc1nc(-c2ccc(Cl)cc2)cs1. The number of nitrogens with one attached hydrogen (secondary N) is 1. The molecule has 0 saturated heterocycles. The summed E-state index contributed by atoms with van der Waals surface area (Å²) in [4.78, 5) is 16.7. The van der Waals surface area contributed by atoms with Gasteiger partial charge in [-0.3, -0.25) is 4.79 Å². The van der Waals surface area contributed by atoms with E-state index in [0.717, 1.165) is 21.8 Å². The first-order valence-corrected chi connectivity index (χ1v) is 10.3. The van der Waals surface area contributed by atoms with Gasteiger partial charge in [0.2, 0.25) is 17.7 Å². The maximum Gasteiger partial charge on any atom is 0.247 e. The van der Waals surface area contributed by atoms with Crippen molar-refractivity contribution in [3.8, 4) is 22.7 Å². The molecule has 0 unspecified atom stereocenters. The van der Waals surface area contributed by atoms with Crippen LogP contribution in [-0.4, -0.2) is 21.1 Å². The molecule has 1 N–H and O–H groups in total. The number of halogens is 1. The number of aryl methyl sites for hydroxylation is 1. The summed E-state index contributed by atoms with van der Waals surface area (Å²) in [5, 5.41) is 14.4. The summed E-state index contributed by atoms with van der Waals surface area (Å²) in [7, 11) is 0. The Labute approximate surface area is 176 Å². The van der Waals surface area contributed by atoms with Crippen LogP contribution in [0.25, 0.3) is 22.7 Å². The van der Waals surface area contributed by atoms with Crippen LogP contribution in [0.1, 0.15) is 17.3 Å². The zero-order chi connectivity index (χ0) is 20.1. The quantitative estimate of drug-likeness (QED) is 0.462. The fourth-order valence-electron chi connectivity index (χ4n) is 2.68. The van der Waals surface area contributed by atoms with E-state index in [4.69, 9.17) is 16.0 Å². The first-order valence-electron chi connectivity index (χ1n) is 9.02. The van der Waals surface area contributed by atoms with Crippen molar-refractivity contribution in [3.63, 3.8) is 0 Å². The molecule has 8 heteroatoms. The second-order valence-corrected chi connectivity index (χ2v) is 7.66. The monoisotopic (exact) mass is 424 g/mol. The molecular weight excluding hydrogens is 408 g/mol. The van der Waals surface area contributed by atoms with Crippen molar-refractivity contribution in [3.05, 3.63) is 75.9 Å². The minimum Gasteiger partial charge on any atom is -0.421 e. The highest BCUT2D eigenvalue weighted by atomic mass is 35.5. The molecule has 4 rings (SSSR count). The number of nitrogens with zero attached hydrogens (tertiary/aromatic N) is 3. The second kappa shape index (κ2) is 8.98. The molecule has 0 fully saturated rings. The minimum atomic E-state index is -0.0901. The van der Waals surface area contributed by atoms with Crippen molar-refractivity contribution in [1.29, 1.82) is 0 Å². The fourth-order valence-corrected chi connectivity index (χ4v) is 3.55. The van der Waals surface area contributed by atoms with Gasteiger partial charge in [-0.15, -0.1) is 21.5 Å². The lowest BCUT2D eigenvalue weighted by Gasteiger charge is -2.01. The molecule has 0 radical (unpaired) electrons. The zero-order valence-electron chi connectivity index (χ0n) is 15.3. The average Bonchev–Trinajstić information content (AvgIpc) is 3.42. The molecule has 0 aliphatic heterocycles. The molecule has 6 nitrogen and oxygen atoms in total. The molecule has 2 heterocycles. The molecule has 0 aliphatic carbocycles. The van der Waals surface area contributed by atoms with Gasteiger partial charge in [0.05, 0.1) is 12.2 Å². The van der Waals surface area contributed by atoms with Crippen molar-refractivity contribution in [2.75, 3.05) is 0 Å². The van der Waals surface area contributed by atoms with Crippen molar-refractivity contribution in [1.82, 2.24) is 20.5 Å². The fraction of sp³-hybridized carbons (Fsp3) is 0.143. The Kier molecular flexibility index (Phi) is 5.97. The van der Waals surface area contributed by atoms with Crippen molar-refractivity contribution >= 4 is 28.8 Å². The lowest BCUT2D eigenvalue weighted by Crippen LogP contribution is -2.22. The first-order chi connectivity index (χ1) is 14.2. The number of aromatic nitrogens is 3. The third-order valence-electron chi connectivity index (χ3n) is 4.18. The molecule has 0 saturated carbocycles. The summed E-state index contributed by atoms with van der Waals surface area (Å²) in [6.07, 6.45) is 0.658. The number of hydrogen-bond donors (Lipinski definition) is 1. The zero-order valence-corrected chi connectivity index (χ0v) is 16.9. The van der Waals surface area contributed by atoms with Crippen LogP contribution >= 0.6 is 22.9 Å². The number of carbonyl (C=O) groups is 1. The summed E-state index contributed by atoms with van der Waals surface area (Å²) in [6, 6.07) is 17.0. The number of amides is 1. The lowest BCUT2D eigenvalue weighted by atomic mass is 10.2. The average molecular weight is 425 g/mol. The van der Waals surface area contributed by atoms with Crippen molar-refractivity contribution in [2.24, 2.45) is 0 Å². The summed E-state index contributed by atoms with van der Waals surface area (Å²) in [5.74, 6) is 0.810. The number of hydrogen-bond acceptors (Lipinski definition) is 6. The van der Waals surface area contributed by atoms with Gasteiger partial charge in [0, 0.05) is 34.4 Å². The smallest absolute Gasteiger partial charge is 0.247 e. The largest absolute Gasteiger partial charge is 0.421 e. The molecule has 0 aliphatic rings. The minimum absolute atomic E-state index is 0.0901. The van der Waals surface area contributed by atoms with Crippen molar-refractivity contribution in [2.45, 2.75) is 19.4 Å². The Hall–Kier alpha value is -3.03. The van der Waals surface area contributed by atoms with Crippen LogP contribution in [0.2, 0.25) is 5.02 Å². The second-order valence-electron chi connectivity index (χ2n) is 6.28. The summed E-state index contributed by atoms with van der Waals surface area (Å²) in [5.41, 5.74) is 2.72. The van der Waals surface area contributed by atoms with Gasteiger partial charge >= 0.3 is 0 Å². The number of thiazole rings is 1. The van der Waals surface area contributed by atoms with Gasteiger partial charge in [0.1, 0.15) is 5.01 Å². The van der Waals surface area contributed by atoms with E-state index in [1.54, 1.807) is 0 Å². The van der Waals surface area contributed by atoms with Crippen LogP contribution in [0.5, 0.6) is 0 Å². The Morgan fingerprint density at radius 3 is 2.62 bits per heavy atom. The third-order valence-corrected chi connectivity index (χ3v) is 5.28. The molecule has 0 atom stereocenters. The Balaban J connectivity index is 1.27. The van der Waals surface area contributed by atoms with Crippen LogP contribution in [-0.2, 0) is 17.8 Å². The number of benzene rings is 2. The molecule has 2 aromatic carbocycles. The first kappa shape index (κ1) is 19.3. The predicted molar refractivity (Wildman–Crippen MR) is 112 cm³/mol. The molecule has 146 valence electrons. The van der Waals surface area contributed by atoms with Gasteiger partial charge in [-0.1, -0.05) is 41.9 Å². The molecule has 1 amide bonds. The van der Waals surface area contributed by atoms with Gasteiger partial charge in [-0.25, -0.2) is 4.98 Å². The molecule has 4 aromatic rings. The van der Waals surface area contributed by atoms with Crippen molar-refractivity contribution < 1.29 is 9.21 Å². The van der Waals surface area contributed by atoms with Gasteiger partial charge in [-0.05, 0) is 24.3 Å².